The number of carbonyl (C=O) groups excluding carboxylic acids is 1. The highest BCUT2D eigenvalue weighted by molar-refractivity contribution is 7.88. The third kappa shape index (κ3) is 5.15. The van der Waals surface area contributed by atoms with E-state index < -0.39 is 40.0 Å². The van der Waals surface area contributed by atoms with Gasteiger partial charge in [0, 0.05) is 11.6 Å². The van der Waals surface area contributed by atoms with Crippen LogP contribution in [0.1, 0.15) is 18.1 Å². The lowest BCUT2D eigenvalue weighted by Gasteiger charge is -2.21. The van der Waals surface area contributed by atoms with Crippen molar-refractivity contribution >= 4 is 27.6 Å². The summed E-state index contributed by atoms with van der Waals surface area (Å²) in [6.07, 6.45) is -4.67. The largest absolute Gasteiger partial charge is 0.549 e. The van der Waals surface area contributed by atoms with Gasteiger partial charge in [0.25, 0.3) is 0 Å². The molecule has 124 valence electrons. The van der Waals surface area contributed by atoms with Crippen molar-refractivity contribution in [1.29, 1.82) is 0 Å². The zero-order valence-corrected chi connectivity index (χ0v) is 12.9. The summed E-state index contributed by atoms with van der Waals surface area (Å²) in [5, 5.41) is 10.3. The summed E-state index contributed by atoms with van der Waals surface area (Å²) >= 11 is 5.57. The molecule has 10 heteroatoms. The van der Waals surface area contributed by atoms with E-state index in [4.69, 9.17) is 11.6 Å². The lowest BCUT2D eigenvalue weighted by atomic mass is 10.1. The first-order valence-corrected chi connectivity index (χ1v) is 7.98. The molecule has 0 spiro atoms. The van der Waals surface area contributed by atoms with Crippen molar-refractivity contribution in [3.8, 4) is 0 Å². The van der Waals surface area contributed by atoms with Crippen LogP contribution in [-0.2, 0) is 26.7 Å². The van der Waals surface area contributed by atoms with Crippen molar-refractivity contribution in [1.82, 2.24) is 4.31 Å². The fourth-order valence-electron chi connectivity index (χ4n) is 1.75. The van der Waals surface area contributed by atoms with Crippen LogP contribution in [0.25, 0.3) is 0 Å². The Morgan fingerprint density at radius 3 is 2.36 bits per heavy atom. The molecule has 0 aliphatic carbocycles. The van der Waals surface area contributed by atoms with E-state index in [1.165, 1.54) is 6.92 Å². The van der Waals surface area contributed by atoms with E-state index >= 15 is 0 Å². The SMILES string of the molecule is CCN(CC(=O)[O-])S(=O)(=O)Cc1cc(Cl)cc(C(F)(F)F)c1. The highest BCUT2D eigenvalue weighted by Crippen LogP contribution is 2.32. The second-order valence-electron chi connectivity index (χ2n) is 4.40. The Balaban J connectivity index is 3.12. The van der Waals surface area contributed by atoms with Crippen LogP contribution >= 0.6 is 11.6 Å². The minimum absolute atomic E-state index is 0.150. The number of aliphatic carboxylic acids is 1. The summed E-state index contributed by atoms with van der Waals surface area (Å²) in [5.74, 6) is -2.40. The Hall–Kier alpha value is -1.32. The second kappa shape index (κ2) is 6.84. The molecule has 0 atom stereocenters. The van der Waals surface area contributed by atoms with E-state index in [0.29, 0.717) is 16.4 Å². The van der Waals surface area contributed by atoms with Gasteiger partial charge in [0.2, 0.25) is 10.0 Å². The fraction of sp³-hybridized carbons (Fsp3) is 0.417. The maximum atomic E-state index is 12.7. The van der Waals surface area contributed by atoms with Crippen molar-refractivity contribution in [3.05, 3.63) is 34.3 Å². The third-order valence-electron chi connectivity index (χ3n) is 2.69. The molecule has 5 nitrogen and oxygen atoms in total. The third-order valence-corrected chi connectivity index (χ3v) is 4.78. The van der Waals surface area contributed by atoms with Crippen LogP contribution in [0.4, 0.5) is 13.2 Å². The molecule has 0 aliphatic rings. The fourth-order valence-corrected chi connectivity index (χ4v) is 3.47. The zero-order valence-electron chi connectivity index (χ0n) is 11.4. The second-order valence-corrected chi connectivity index (χ2v) is 6.81. The number of rotatable bonds is 6. The molecule has 1 rings (SSSR count). The van der Waals surface area contributed by atoms with Crippen LogP contribution in [-0.4, -0.2) is 31.8 Å². The molecule has 0 aliphatic heterocycles. The molecule has 0 N–H and O–H groups in total. The number of nitrogens with zero attached hydrogens (tertiary/aromatic N) is 1. The molecular formula is C12H12ClF3NO4S-. The van der Waals surface area contributed by atoms with Crippen molar-refractivity contribution < 1.29 is 31.5 Å². The molecular weight excluding hydrogens is 347 g/mol. The summed E-state index contributed by atoms with van der Waals surface area (Å²) < 4.78 is 62.7. The lowest BCUT2D eigenvalue weighted by molar-refractivity contribution is -0.305. The predicted octanol–water partition coefficient (Wildman–Crippen LogP) is 1.26. The molecule has 0 bridgehead atoms. The van der Waals surface area contributed by atoms with Gasteiger partial charge in [-0.3, -0.25) is 0 Å². The Morgan fingerprint density at radius 1 is 1.32 bits per heavy atom. The summed E-state index contributed by atoms with van der Waals surface area (Å²) in [6.45, 7) is 0.383. The first-order valence-electron chi connectivity index (χ1n) is 6.00. The normalized spacial score (nSPS) is 12.6. The number of hydrogen-bond acceptors (Lipinski definition) is 4. The predicted molar refractivity (Wildman–Crippen MR) is 71.3 cm³/mol. The van der Waals surface area contributed by atoms with Gasteiger partial charge in [0.1, 0.15) is 0 Å². The minimum Gasteiger partial charge on any atom is -0.549 e. The van der Waals surface area contributed by atoms with Gasteiger partial charge >= 0.3 is 6.18 Å². The van der Waals surface area contributed by atoms with Crippen LogP contribution in [0.3, 0.4) is 0 Å². The van der Waals surface area contributed by atoms with Crippen molar-refractivity contribution in [2.45, 2.75) is 18.9 Å². The maximum absolute atomic E-state index is 12.7. The molecule has 1 aromatic rings. The van der Waals surface area contributed by atoms with Crippen molar-refractivity contribution in [2.75, 3.05) is 13.1 Å². The monoisotopic (exact) mass is 358 g/mol. The van der Waals surface area contributed by atoms with E-state index in [2.05, 4.69) is 0 Å². The summed E-state index contributed by atoms with van der Waals surface area (Å²) in [7, 11) is -4.11. The summed E-state index contributed by atoms with van der Waals surface area (Å²) in [4.78, 5) is 10.5. The van der Waals surface area contributed by atoms with Crippen LogP contribution in [0.5, 0.6) is 0 Å². The van der Waals surface area contributed by atoms with E-state index in [0.717, 1.165) is 6.07 Å². The molecule has 0 saturated heterocycles. The molecule has 0 radical (unpaired) electrons. The van der Waals surface area contributed by atoms with Gasteiger partial charge in [0.15, 0.2) is 0 Å². The van der Waals surface area contributed by atoms with Crippen molar-refractivity contribution in [2.24, 2.45) is 0 Å². The Kier molecular flexibility index (Phi) is 5.82. The molecule has 1 aromatic carbocycles. The first-order chi connectivity index (χ1) is 9.95. The zero-order chi connectivity index (χ0) is 17.1. The Morgan fingerprint density at radius 2 is 1.91 bits per heavy atom. The van der Waals surface area contributed by atoms with Crippen LogP contribution in [0, 0.1) is 0 Å². The van der Waals surface area contributed by atoms with E-state index in [1.807, 2.05) is 0 Å². The van der Waals surface area contributed by atoms with Gasteiger partial charge < -0.3 is 9.90 Å². The summed E-state index contributed by atoms with van der Waals surface area (Å²) in [6, 6.07) is 2.42. The molecule has 0 aromatic heterocycles. The first kappa shape index (κ1) is 18.7. The number of alkyl halides is 3. The smallest absolute Gasteiger partial charge is 0.416 e. The van der Waals surface area contributed by atoms with E-state index in [-0.39, 0.29) is 17.1 Å². The quantitative estimate of drug-likeness (QED) is 0.767. The Bertz CT molecular complexity index is 661. The lowest BCUT2D eigenvalue weighted by Crippen LogP contribution is -2.41. The van der Waals surface area contributed by atoms with Crippen molar-refractivity contribution in [3.63, 3.8) is 0 Å². The molecule has 0 heterocycles. The standard InChI is InChI=1S/C12H13ClF3NO4S/c1-2-17(6-11(18)19)22(20,21)7-8-3-9(12(14,15)16)5-10(13)4-8/h3-5H,2,6-7H2,1H3,(H,18,19)/p-1. The maximum Gasteiger partial charge on any atom is 0.416 e. The van der Waals surface area contributed by atoms with Gasteiger partial charge in [-0.2, -0.15) is 17.5 Å². The van der Waals surface area contributed by atoms with Gasteiger partial charge in [-0.05, 0) is 23.8 Å². The van der Waals surface area contributed by atoms with Gasteiger partial charge in [-0.1, -0.05) is 18.5 Å². The van der Waals surface area contributed by atoms with Gasteiger partial charge in [-0.15, -0.1) is 0 Å². The van der Waals surface area contributed by atoms with Crippen LogP contribution in [0.2, 0.25) is 5.02 Å². The molecule has 0 fully saturated rings. The molecule has 0 amide bonds. The number of hydrogen-bond donors (Lipinski definition) is 0. The van der Waals surface area contributed by atoms with Gasteiger partial charge in [-0.25, -0.2) is 8.42 Å². The highest BCUT2D eigenvalue weighted by Gasteiger charge is 2.32. The van der Waals surface area contributed by atoms with Gasteiger partial charge in [0.05, 0.1) is 23.8 Å². The minimum atomic E-state index is -4.67. The number of halogens is 4. The number of likely N-dealkylation sites (N-methyl/N-ethyl adjacent to an activating group) is 1. The number of carboxylic acids is 1. The molecule has 22 heavy (non-hydrogen) atoms. The average Bonchev–Trinajstić information content (AvgIpc) is 2.33. The van der Waals surface area contributed by atoms with Crippen LogP contribution in [0.15, 0.2) is 18.2 Å². The highest BCUT2D eigenvalue weighted by atomic mass is 35.5. The topological polar surface area (TPSA) is 77.5 Å². The van der Waals surface area contributed by atoms with E-state index in [9.17, 15) is 31.5 Å². The number of benzene rings is 1. The number of sulfonamides is 1. The number of carbonyl (C=O) groups is 1. The Labute approximate surface area is 130 Å². The summed E-state index contributed by atoms with van der Waals surface area (Å²) in [5.41, 5.74) is -1.26. The molecule has 0 unspecified atom stereocenters. The average molecular weight is 359 g/mol. The van der Waals surface area contributed by atoms with Crippen LogP contribution < -0.4 is 5.11 Å². The number of carboxylic acid groups (broad SMARTS) is 1. The molecule has 0 saturated carbocycles. The van der Waals surface area contributed by atoms with E-state index in [1.54, 1.807) is 0 Å².